The topological polar surface area (TPSA) is 127 Å². The van der Waals surface area contributed by atoms with Gasteiger partial charge in [0.2, 0.25) is 5.76 Å². The summed E-state index contributed by atoms with van der Waals surface area (Å²) in [6, 6.07) is 10.9. The molecule has 1 fully saturated rings. The Morgan fingerprint density at radius 3 is 2.68 bits per heavy atom. The van der Waals surface area contributed by atoms with Crippen LogP contribution in [0.2, 0.25) is 5.02 Å². The van der Waals surface area contributed by atoms with Gasteiger partial charge in [-0.1, -0.05) is 23.7 Å². The van der Waals surface area contributed by atoms with E-state index in [1.165, 1.54) is 49.6 Å². The second-order valence-electron chi connectivity index (χ2n) is 7.77. The number of halogens is 3. The normalized spacial score (nSPS) is 14.0. The molecule has 1 aromatic heterocycles. The number of nitrogens with zero attached hydrogens (tertiary/aromatic N) is 1. The predicted octanol–water partition coefficient (Wildman–Crippen LogP) is 4.73. The van der Waals surface area contributed by atoms with Crippen molar-refractivity contribution in [2.24, 2.45) is 0 Å². The second-order valence-corrected chi connectivity index (χ2v) is 9.03. The van der Waals surface area contributed by atoms with Gasteiger partial charge in [0.1, 0.15) is 17.3 Å². The van der Waals surface area contributed by atoms with Crippen molar-refractivity contribution in [2.45, 2.75) is 6.54 Å². The highest BCUT2D eigenvalue weighted by Crippen LogP contribution is 2.35. The number of rotatable bonds is 8. The van der Waals surface area contributed by atoms with Gasteiger partial charge in [0.05, 0.1) is 28.8 Å². The number of methoxy groups -OCH3 is 1. The Hall–Kier alpha value is -4.16. The van der Waals surface area contributed by atoms with E-state index in [1.54, 1.807) is 12.1 Å². The Kier molecular flexibility index (Phi) is 8.13. The molecule has 1 aliphatic rings. The van der Waals surface area contributed by atoms with Gasteiger partial charge in [-0.3, -0.25) is 14.5 Å². The van der Waals surface area contributed by atoms with Gasteiger partial charge < -0.3 is 24.5 Å². The zero-order valence-corrected chi connectivity index (χ0v) is 21.9. The Labute approximate surface area is 228 Å². The Balaban J connectivity index is 1.42. The van der Waals surface area contributed by atoms with E-state index in [4.69, 9.17) is 20.8 Å². The van der Waals surface area contributed by atoms with Crippen molar-refractivity contribution >= 4 is 63.1 Å². The number of benzene rings is 2. The maximum atomic E-state index is 13.7. The number of urea groups is 1. The Bertz CT molecular complexity index is 1450. The molecule has 1 saturated heterocycles. The molecule has 0 spiro atoms. The summed E-state index contributed by atoms with van der Waals surface area (Å²) >= 11 is 9.64. The first-order chi connectivity index (χ1) is 18.2. The maximum Gasteiger partial charge on any atom is 0.373 e. The minimum absolute atomic E-state index is 0.0153. The molecule has 0 saturated carbocycles. The van der Waals surface area contributed by atoms with Crippen molar-refractivity contribution in [3.05, 3.63) is 86.6 Å². The molecule has 0 aliphatic carbocycles. The molecule has 2 aromatic carbocycles. The molecule has 4 rings (SSSR count). The summed E-state index contributed by atoms with van der Waals surface area (Å²) in [7, 11) is 1.20. The number of anilines is 1. The van der Waals surface area contributed by atoms with Crippen LogP contribution < -0.4 is 15.4 Å². The quantitative estimate of drug-likeness (QED) is 0.216. The fourth-order valence-electron chi connectivity index (χ4n) is 3.40. The molecule has 0 radical (unpaired) electrons. The van der Waals surface area contributed by atoms with E-state index in [-0.39, 0.29) is 40.2 Å². The van der Waals surface area contributed by atoms with Crippen LogP contribution in [0.3, 0.4) is 0 Å². The van der Waals surface area contributed by atoms with Crippen LogP contribution in [0.4, 0.5) is 14.9 Å². The van der Waals surface area contributed by atoms with Crippen LogP contribution in [0.25, 0.3) is 6.08 Å². The number of carbonyl (C=O) groups excluding carboxylic acids is 4. The summed E-state index contributed by atoms with van der Waals surface area (Å²) in [6.07, 6.45) is 1.41. The van der Waals surface area contributed by atoms with Gasteiger partial charge in [0.25, 0.3) is 11.8 Å². The lowest BCUT2D eigenvalue weighted by molar-refractivity contribution is -0.123. The first-order valence-corrected chi connectivity index (χ1v) is 12.0. The van der Waals surface area contributed by atoms with Gasteiger partial charge in [0.15, 0.2) is 12.4 Å². The third-order valence-electron chi connectivity index (χ3n) is 5.15. The zero-order valence-electron chi connectivity index (χ0n) is 19.5. The molecule has 3 aromatic rings. The predicted molar refractivity (Wildman–Crippen MR) is 137 cm³/mol. The third kappa shape index (κ3) is 6.03. The molecule has 196 valence electrons. The molecule has 2 N–H and O–H groups in total. The van der Waals surface area contributed by atoms with Crippen molar-refractivity contribution in [3.8, 4) is 5.75 Å². The second kappa shape index (κ2) is 11.5. The van der Waals surface area contributed by atoms with Gasteiger partial charge in [-0.15, -0.1) is 0 Å². The number of para-hydroxylation sites is 1. The highest BCUT2D eigenvalue weighted by Gasteiger charge is 2.34. The smallest absolute Gasteiger partial charge is 0.373 e. The molecular weight excluding hydrogens is 589 g/mol. The number of furan rings is 1. The first-order valence-electron chi connectivity index (χ1n) is 10.8. The molecule has 0 atom stereocenters. The molecule has 4 amide bonds. The number of carbonyl (C=O) groups is 4. The number of ether oxygens (including phenoxy) is 2. The van der Waals surface area contributed by atoms with Crippen LogP contribution in [0, 0.1) is 5.82 Å². The van der Waals surface area contributed by atoms with E-state index in [2.05, 4.69) is 31.3 Å². The van der Waals surface area contributed by atoms with Gasteiger partial charge in [0, 0.05) is 0 Å². The van der Waals surface area contributed by atoms with E-state index < -0.39 is 36.2 Å². The monoisotopic (exact) mass is 605 g/mol. The summed E-state index contributed by atoms with van der Waals surface area (Å²) < 4.78 is 29.5. The van der Waals surface area contributed by atoms with E-state index >= 15 is 0 Å². The number of hydrogen-bond acceptors (Lipinski definition) is 7. The number of nitrogens with one attached hydrogen (secondary N) is 2. The van der Waals surface area contributed by atoms with Crippen molar-refractivity contribution in [2.75, 3.05) is 19.0 Å². The van der Waals surface area contributed by atoms with Crippen LogP contribution >= 0.6 is 27.5 Å². The lowest BCUT2D eigenvalue weighted by atomic mass is 10.2. The van der Waals surface area contributed by atoms with Crippen LogP contribution in [-0.2, 0) is 20.9 Å². The number of hydrogen-bond donors (Lipinski definition) is 2. The number of amides is 4. The Morgan fingerprint density at radius 2 is 1.97 bits per heavy atom. The fourth-order valence-corrected chi connectivity index (χ4v) is 4.39. The van der Waals surface area contributed by atoms with Gasteiger partial charge in [-0.05, 0) is 64.0 Å². The van der Waals surface area contributed by atoms with Crippen molar-refractivity contribution in [1.29, 1.82) is 0 Å². The molecule has 38 heavy (non-hydrogen) atoms. The largest absolute Gasteiger partial charge is 0.481 e. The molecule has 1 aliphatic heterocycles. The maximum absolute atomic E-state index is 13.7. The SMILES string of the molecule is COC(=O)c1ccc(CN2C(=O)N/C(=C\c3cc(Cl)c(OCC(=O)Nc4ccccc4F)c(Br)c3)C2=O)o1. The first kappa shape index (κ1) is 26.9. The van der Waals surface area contributed by atoms with Crippen LogP contribution in [0.5, 0.6) is 5.75 Å². The molecule has 10 nitrogen and oxygen atoms in total. The standard InChI is InChI=1S/C25H18BrClFN3O7/c1-36-24(34)20-7-6-14(38-20)11-31-23(33)19(30-25(31)35)10-13-8-15(26)22(16(27)9-13)37-12-21(32)29-18-5-3-2-4-17(18)28/h2-10H,11-12H2,1H3,(H,29,32)(H,30,35)/b19-10-. The molecule has 2 heterocycles. The minimum atomic E-state index is -0.686. The average Bonchev–Trinajstić information content (AvgIpc) is 3.45. The summed E-state index contributed by atoms with van der Waals surface area (Å²) in [6.45, 7) is -0.647. The van der Waals surface area contributed by atoms with E-state index in [9.17, 15) is 23.6 Å². The van der Waals surface area contributed by atoms with E-state index in [0.717, 1.165) is 4.90 Å². The summed E-state index contributed by atoms with van der Waals surface area (Å²) in [5.41, 5.74) is 0.443. The molecule has 0 bridgehead atoms. The molecular formula is C25H18BrClFN3O7. The third-order valence-corrected chi connectivity index (χ3v) is 6.02. The average molecular weight is 607 g/mol. The molecule has 13 heteroatoms. The summed E-state index contributed by atoms with van der Waals surface area (Å²) in [4.78, 5) is 49.8. The minimum Gasteiger partial charge on any atom is -0.481 e. The van der Waals surface area contributed by atoms with Crippen molar-refractivity contribution in [1.82, 2.24) is 10.2 Å². The van der Waals surface area contributed by atoms with Gasteiger partial charge in [-0.25, -0.2) is 14.0 Å². The lowest BCUT2D eigenvalue weighted by Gasteiger charge is -2.12. The highest BCUT2D eigenvalue weighted by molar-refractivity contribution is 9.10. The highest BCUT2D eigenvalue weighted by atomic mass is 79.9. The van der Waals surface area contributed by atoms with E-state index in [0.29, 0.717) is 10.0 Å². The fraction of sp³-hybridized carbons (Fsp3) is 0.120. The van der Waals surface area contributed by atoms with Crippen molar-refractivity contribution in [3.63, 3.8) is 0 Å². The van der Waals surface area contributed by atoms with Gasteiger partial charge in [-0.2, -0.15) is 0 Å². The number of imide groups is 1. The lowest BCUT2D eigenvalue weighted by Crippen LogP contribution is -2.30. The van der Waals surface area contributed by atoms with E-state index in [1.807, 2.05) is 0 Å². The Morgan fingerprint density at radius 1 is 1.21 bits per heavy atom. The zero-order chi connectivity index (χ0) is 27.4. The summed E-state index contributed by atoms with van der Waals surface area (Å²) in [5, 5.41) is 4.99. The van der Waals surface area contributed by atoms with Crippen LogP contribution in [0.1, 0.15) is 21.9 Å². The van der Waals surface area contributed by atoms with Gasteiger partial charge >= 0.3 is 12.0 Å². The number of esters is 1. The summed E-state index contributed by atoms with van der Waals surface area (Å²) in [5.74, 6) is -2.19. The molecule has 0 unspecified atom stereocenters. The van der Waals surface area contributed by atoms with Crippen LogP contribution in [-0.4, -0.2) is 42.4 Å². The van der Waals surface area contributed by atoms with Crippen molar-refractivity contribution < 1.29 is 37.5 Å². The van der Waals surface area contributed by atoms with Crippen LogP contribution in [0.15, 0.2) is 63.1 Å².